The predicted molar refractivity (Wildman–Crippen MR) is 60.4 cm³/mol. The Morgan fingerprint density at radius 2 is 2.00 bits per heavy atom. The Kier molecular flexibility index (Phi) is 4.12. The van der Waals surface area contributed by atoms with E-state index in [-0.39, 0.29) is 0 Å². The summed E-state index contributed by atoms with van der Waals surface area (Å²) < 4.78 is 0.848. The van der Waals surface area contributed by atoms with Gasteiger partial charge in [-0.25, -0.2) is 0 Å². The maximum absolute atomic E-state index is 4.08. The standard InChI is InChI=1S/C8H14BrN3S/c1-4-6(5-2)12(3)8-11-10-7(9)13-8/h6H,4-5H2,1-3H3. The van der Waals surface area contributed by atoms with E-state index in [2.05, 4.69) is 51.9 Å². The first-order chi connectivity index (χ1) is 6.19. The van der Waals surface area contributed by atoms with E-state index in [1.54, 1.807) is 11.3 Å². The zero-order valence-electron chi connectivity index (χ0n) is 8.12. The molecule has 13 heavy (non-hydrogen) atoms. The molecule has 0 saturated heterocycles. The van der Waals surface area contributed by atoms with Crippen molar-refractivity contribution in [2.24, 2.45) is 0 Å². The molecule has 1 rings (SSSR count). The van der Waals surface area contributed by atoms with Crippen molar-refractivity contribution < 1.29 is 0 Å². The molecule has 0 bridgehead atoms. The molecule has 74 valence electrons. The predicted octanol–water partition coefficient (Wildman–Crippen LogP) is 2.93. The van der Waals surface area contributed by atoms with E-state index in [9.17, 15) is 0 Å². The second-order valence-corrected chi connectivity index (χ2v) is 5.15. The quantitative estimate of drug-likeness (QED) is 0.837. The van der Waals surface area contributed by atoms with E-state index in [4.69, 9.17) is 0 Å². The zero-order valence-corrected chi connectivity index (χ0v) is 10.5. The molecule has 0 aliphatic rings. The molecule has 0 N–H and O–H groups in total. The fourth-order valence-electron chi connectivity index (χ4n) is 1.33. The van der Waals surface area contributed by atoms with Crippen molar-refractivity contribution in [1.82, 2.24) is 10.2 Å². The molecule has 3 nitrogen and oxygen atoms in total. The second kappa shape index (κ2) is 4.91. The van der Waals surface area contributed by atoms with Crippen molar-refractivity contribution in [3.05, 3.63) is 3.92 Å². The summed E-state index contributed by atoms with van der Waals surface area (Å²) in [6.45, 7) is 4.39. The minimum absolute atomic E-state index is 0.569. The van der Waals surface area contributed by atoms with E-state index >= 15 is 0 Å². The van der Waals surface area contributed by atoms with Gasteiger partial charge >= 0.3 is 0 Å². The van der Waals surface area contributed by atoms with Crippen LogP contribution in [0.3, 0.4) is 0 Å². The Hall–Kier alpha value is -0.160. The molecule has 0 radical (unpaired) electrons. The van der Waals surface area contributed by atoms with Crippen LogP contribution < -0.4 is 4.90 Å². The summed E-state index contributed by atoms with van der Waals surface area (Å²) in [6.07, 6.45) is 2.29. The molecule has 0 atom stereocenters. The first kappa shape index (κ1) is 10.9. The van der Waals surface area contributed by atoms with Gasteiger partial charge in [0.1, 0.15) is 0 Å². The van der Waals surface area contributed by atoms with Crippen LogP contribution >= 0.6 is 27.3 Å². The number of hydrogen-bond acceptors (Lipinski definition) is 4. The largest absolute Gasteiger partial charge is 0.347 e. The van der Waals surface area contributed by atoms with Gasteiger partial charge in [0, 0.05) is 13.1 Å². The fraction of sp³-hybridized carbons (Fsp3) is 0.750. The van der Waals surface area contributed by atoms with Gasteiger partial charge in [0.05, 0.1) is 0 Å². The van der Waals surface area contributed by atoms with E-state index in [1.807, 2.05) is 0 Å². The number of aromatic nitrogens is 2. The minimum atomic E-state index is 0.569. The molecule has 0 spiro atoms. The van der Waals surface area contributed by atoms with Crippen molar-refractivity contribution in [2.75, 3.05) is 11.9 Å². The van der Waals surface area contributed by atoms with Crippen LogP contribution in [-0.4, -0.2) is 23.3 Å². The highest BCUT2D eigenvalue weighted by molar-refractivity contribution is 9.11. The molecule has 5 heteroatoms. The topological polar surface area (TPSA) is 29.0 Å². The molecule has 0 aromatic carbocycles. The van der Waals surface area contributed by atoms with Gasteiger partial charge in [0.15, 0.2) is 3.92 Å². The van der Waals surface area contributed by atoms with E-state index in [0.717, 1.165) is 21.9 Å². The van der Waals surface area contributed by atoms with E-state index in [1.165, 1.54) is 0 Å². The van der Waals surface area contributed by atoms with Gasteiger partial charge in [-0.15, -0.1) is 10.2 Å². The molecular formula is C8H14BrN3S. The van der Waals surface area contributed by atoms with Crippen LogP contribution in [0.2, 0.25) is 0 Å². The first-order valence-electron chi connectivity index (χ1n) is 4.40. The van der Waals surface area contributed by atoms with Crippen LogP contribution in [0.25, 0.3) is 0 Å². The highest BCUT2D eigenvalue weighted by Crippen LogP contribution is 2.25. The summed E-state index contributed by atoms with van der Waals surface area (Å²) in [4.78, 5) is 2.20. The normalized spacial score (nSPS) is 10.8. The smallest absolute Gasteiger partial charge is 0.209 e. The van der Waals surface area contributed by atoms with Crippen molar-refractivity contribution in [3.63, 3.8) is 0 Å². The molecule has 1 aromatic rings. The average Bonchev–Trinajstić information content (AvgIpc) is 2.54. The Balaban J connectivity index is 2.71. The molecule has 0 aliphatic carbocycles. The third-order valence-corrected chi connectivity index (χ3v) is 3.63. The maximum Gasteiger partial charge on any atom is 0.209 e. The third kappa shape index (κ3) is 2.64. The lowest BCUT2D eigenvalue weighted by atomic mass is 10.1. The summed E-state index contributed by atoms with van der Waals surface area (Å²) in [5.74, 6) is 0. The lowest BCUT2D eigenvalue weighted by molar-refractivity contribution is 0.589. The highest BCUT2D eigenvalue weighted by atomic mass is 79.9. The Morgan fingerprint density at radius 1 is 1.38 bits per heavy atom. The molecule has 0 aliphatic heterocycles. The van der Waals surface area contributed by atoms with Crippen LogP contribution in [0.5, 0.6) is 0 Å². The van der Waals surface area contributed by atoms with Gasteiger partial charge < -0.3 is 4.90 Å². The number of hydrogen-bond donors (Lipinski definition) is 0. The minimum Gasteiger partial charge on any atom is -0.347 e. The number of halogens is 1. The number of anilines is 1. The van der Waals surface area contributed by atoms with Crippen molar-refractivity contribution >= 4 is 32.4 Å². The summed E-state index contributed by atoms with van der Waals surface area (Å²) >= 11 is 4.89. The Bertz CT molecular complexity index is 260. The lowest BCUT2D eigenvalue weighted by Gasteiger charge is -2.24. The summed E-state index contributed by atoms with van der Waals surface area (Å²) in [6, 6.07) is 0.569. The molecule has 0 unspecified atom stereocenters. The van der Waals surface area contributed by atoms with Crippen LogP contribution in [0.1, 0.15) is 26.7 Å². The molecule has 1 heterocycles. The van der Waals surface area contributed by atoms with Crippen molar-refractivity contribution in [2.45, 2.75) is 32.7 Å². The molecule has 1 aromatic heterocycles. The first-order valence-corrected chi connectivity index (χ1v) is 6.01. The monoisotopic (exact) mass is 263 g/mol. The van der Waals surface area contributed by atoms with Crippen molar-refractivity contribution in [1.29, 1.82) is 0 Å². The van der Waals surface area contributed by atoms with Crippen LogP contribution in [0.4, 0.5) is 5.13 Å². The van der Waals surface area contributed by atoms with Crippen LogP contribution in [-0.2, 0) is 0 Å². The van der Waals surface area contributed by atoms with E-state index < -0.39 is 0 Å². The zero-order chi connectivity index (χ0) is 9.84. The lowest BCUT2D eigenvalue weighted by Crippen LogP contribution is -2.30. The number of rotatable bonds is 4. The van der Waals surface area contributed by atoms with Gasteiger partial charge in [0.25, 0.3) is 0 Å². The van der Waals surface area contributed by atoms with Gasteiger partial charge in [-0.05, 0) is 28.8 Å². The van der Waals surface area contributed by atoms with Crippen LogP contribution in [0, 0.1) is 0 Å². The fourth-order valence-corrected chi connectivity index (χ4v) is 2.45. The van der Waals surface area contributed by atoms with E-state index in [0.29, 0.717) is 6.04 Å². The summed E-state index contributed by atoms with van der Waals surface area (Å²) in [5.41, 5.74) is 0. The summed E-state index contributed by atoms with van der Waals surface area (Å²) in [5, 5.41) is 9.00. The SMILES string of the molecule is CCC(CC)N(C)c1nnc(Br)s1. The average molecular weight is 264 g/mol. The van der Waals surface area contributed by atoms with Gasteiger partial charge in [0.2, 0.25) is 5.13 Å². The second-order valence-electron chi connectivity index (χ2n) is 2.92. The third-order valence-electron chi connectivity index (χ3n) is 2.18. The van der Waals surface area contributed by atoms with Gasteiger partial charge in [-0.1, -0.05) is 25.2 Å². The highest BCUT2D eigenvalue weighted by Gasteiger charge is 2.14. The Morgan fingerprint density at radius 3 is 2.38 bits per heavy atom. The van der Waals surface area contributed by atoms with Gasteiger partial charge in [-0.3, -0.25) is 0 Å². The van der Waals surface area contributed by atoms with Crippen molar-refractivity contribution in [3.8, 4) is 0 Å². The maximum atomic E-state index is 4.08. The molecule has 0 amide bonds. The Labute approximate surface area is 91.3 Å². The number of nitrogens with zero attached hydrogens (tertiary/aromatic N) is 3. The van der Waals surface area contributed by atoms with Gasteiger partial charge in [-0.2, -0.15) is 0 Å². The molecule has 0 fully saturated rings. The van der Waals surface area contributed by atoms with Crippen LogP contribution in [0.15, 0.2) is 3.92 Å². The molecular weight excluding hydrogens is 250 g/mol. The summed E-state index contributed by atoms with van der Waals surface area (Å²) in [7, 11) is 2.07. The molecule has 0 saturated carbocycles.